The van der Waals surface area contributed by atoms with Gasteiger partial charge < -0.3 is 10.1 Å². The van der Waals surface area contributed by atoms with Gasteiger partial charge in [0.2, 0.25) is 0 Å². The Morgan fingerprint density at radius 1 is 1.21 bits per heavy atom. The fourth-order valence-electron chi connectivity index (χ4n) is 3.82. The number of esters is 1. The van der Waals surface area contributed by atoms with Crippen molar-refractivity contribution in [2.75, 3.05) is 6.61 Å². The number of unbranched alkanes of at least 4 members (excludes halogenated alkanes) is 1. The van der Waals surface area contributed by atoms with Crippen LogP contribution in [0.1, 0.15) is 62.9 Å². The first kappa shape index (κ1) is 21.0. The quantitative estimate of drug-likeness (QED) is 0.723. The molecule has 0 aliphatic heterocycles. The van der Waals surface area contributed by atoms with Crippen LogP contribution in [0.5, 0.6) is 0 Å². The number of fused-ring (bicyclic) bond motifs is 1. The Balaban J connectivity index is 1.73. The molecule has 1 N–H and O–H groups in total. The molecule has 1 saturated carbocycles. The average molecular weight is 399 g/mol. The van der Waals surface area contributed by atoms with Crippen molar-refractivity contribution in [3.05, 3.63) is 40.3 Å². The van der Waals surface area contributed by atoms with E-state index in [2.05, 4.69) is 17.3 Å². The minimum atomic E-state index is -0.696. The zero-order valence-corrected chi connectivity index (χ0v) is 17.1. The van der Waals surface area contributed by atoms with Crippen LogP contribution in [-0.4, -0.2) is 34.3 Å². The molecule has 7 nitrogen and oxygen atoms in total. The molecule has 1 aliphatic carbocycles. The minimum absolute atomic E-state index is 0.0649. The Kier molecular flexibility index (Phi) is 7.01. The van der Waals surface area contributed by atoms with E-state index in [9.17, 15) is 14.4 Å². The van der Waals surface area contributed by atoms with E-state index in [0.29, 0.717) is 23.2 Å². The Morgan fingerprint density at radius 3 is 2.66 bits per heavy atom. The number of carbonyl (C=O) groups is 2. The van der Waals surface area contributed by atoms with Crippen molar-refractivity contribution < 1.29 is 14.3 Å². The summed E-state index contributed by atoms with van der Waals surface area (Å²) in [6.45, 7) is 4.23. The van der Waals surface area contributed by atoms with Gasteiger partial charge in [-0.25, -0.2) is 9.48 Å². The van der Waals surface area contributed by atoms with E-state index in [1.54, 1.807) is 24.3 Å². The topological polar surface area (TPSA) is 90.3 Å². The van der Waals surface area contributed by atoms with Crippen LogP contribution in [0, 0.1) is 5.92 Å². The van der Waals surface area contributed by atoms with Crippen molar-refractivity contribution in [1.82, 2.24) is 15.1 Å². The van der Waals surface area contributed by atoms with Crippen molar-refractivity contribution in [3.63, 3.8) is 0 Å². The molecule has 2 aromatic rings. The SMILES string of the molecule is CCCCn1nc(C(=O)OCC(=O)N[C@@H]2CCCC[C@@H]2C)c2ccccc2c1=O. The Bertz CT molecular complexity index is 937. The number of nitrogens with zero attached hydrogens (tertiary/aromatic N) is 2. The molecule has 0 saturated heterocycles. The lowest BCUT2D eigenvalue weighted by atomic mass is 9.86. The number of hydrogen-bond acceptors (Lipinski definition) is 5. The molecule has 1 aliphatic rings. The van der Waals surface area contributed by atoms with Crippen LogP contribution in [0.2, 0.25) is 0 Å². The number of hydrogen-bond donors (Lipinski definition) is 1. The van der Waals surface area contributed by atoms with Gasteiger partial charge in [0.15, 0.2) is 12.3 Å². The number of amides is 1. The number of rotatable bonds is 7. The third kappa shape index (κ3) is 5.02. The van der Waals surface area contributed by atoms with Gasteiger partial charge in [0, 0.05) is 18.0 Å². The standard InChI is InChI=1S/C22H29N3O4/c1-3-4-13-25-21(27)17-11-7-6-10-16(17)20(24-25)22(28)29-14-19(26)23-18-12-8-5-9-15(18)2/h6-7,10-11,15,18H,3-5,8-9,12-14H2,1-2H3,(H,23,26)/t15-,18+/m0/s1. The third-order valence-electron chi connectivity index (χ3n) is 5.58. The molecular formula is C22H29N3O4. The Morgan fingerprint density at radius 2 is 1.93 bits per heavy atom. The van der Waals surface area contributed by atoms with Gasteiger partial charge in [-0.1, -0.05) is 51.3 Å². The summed E-state index contributed by atoms with van der Waals surface area (Å²) in [5.41, 5.74) is -0.162. The zero-order valence-electron chi connectivity index (χ0n) is 17.1. The van der Waals surface area contributed by atoms with Crippen LogP contribution in [0.3, 0.4) is 0 Å². The minimum Gasteiger partial charge on any atom is -0.451 e. The number of carbonyl (C=O) groups excluding carboxylic acids is 2. The fourth-order valence-corrected chi connectivity index (χ4v) is 3.82. The van der Waals surface area contributed by atoms with E-state index in [1.165, 1.54) is 11.1 Å². The lowest BCUT2D eigenvalue weighted by Gasteiger charge is -2.29. The normalized spacial score (nSPS) is 19.1. The lowest BCUT2D eigenvalue weighted by Crippen LogP contribution is -2.43. The summed E-state index contributed by atoms with van der Waals surface area (Å²) in [6.07, 6.45) is 6.02. The summed E-state index contributed by atoms with van der Waals surface area (Å²) in [7, 11) is 0. The summed E-state index contributed by atoms with van der Waals surface area (Å²) in [6, 6.07) is 6.98. The lowest BCUT2D eigenvalue weighted by molar-refractivity contribution is -0.125. The molecule has 1 heterocycles. The highest BCUT2D eigenvalue weighted by Gasteiger charge is 2.24. The molecule has 7 heteroatoms. The van der Waals surface area contributed by atoms with E-state index in [0.717, 1.165) is 32.1 Å². The molecule has 156 valence electrons. The highest BCUT2D eigenvalue weighted by atomic mass is 16.5. The van der Waals surface area contributed by atoms with Crippen LogP contribution in [-0.2, 0) is 16.1 Å². The maximum Gasteiger partial charge on any atom is 0.359 e. The van der Waals surface area contributed by atoms with E-state index in [1.807, 2.05) is 6.92 Å². The molecule has 2 atom stereocenters. The first-order valence-electron chi connectivity index (χ1n) is 10.5. The van der Waals surface area contributed by atoms with Gasteiger partial charge >= 0.3 is 5.97 Å². The maximum atomic E-state index is 12.7. The molecule has 0 spiro atoms. The molecule has 1 aromatic heterocycles. The van der Waals surface area contributed by atoms with Crippen molar-refractivity contribution in [2.24, 2.45) is 5.92 Å². The van der Waals surface area contributed by atoms with Gasteiger partial charge in [0.05, 0.1) is 5.39 Å². The zero-order chi connectivity index (χ0) is 20.8. The van der Waals surface area contributed by atoms with Crippen LogP contribution in [0.15, 0.2) is 29.1 Å². The van der Waals surface area contributed by atoms with Crippen molar-refractivity contribution in [1.29, 1.82) is 0 Å². The number of benzene rings is 1. The summed E-state index contributed by atoms with van der Waals surface area (Å²) >= 11 is 0. The highest BCUT2D eigenvalue weighted by Crippen LogP contribution is 2.23. The highest BCUT2D eigenvalue weighted by molar-refractivity contribution is 6.02. The number of aryl methyl sites for hydroxylation is 1. The van der Waals surface area contributed by atoms with Gasteiger partial charge in [-0.05, 0) is 31.2 Å². The van der Waals surface area contributed by atoms with Crippen molar-refractivity contribution >= 4 is 22.6 Å². The van der Waals surface area contributed by atoms with E-state index < -0.39 is 5.97 Å². The third-order valence-corrected chi connectivity index (χ3v) is 5.58. The summed E-state index contributed by atoms with van der Waals surface area (Å²) in [4.78, 5) is 37.5. The molecule has 3 rings (SSSR count). The van der Waals surface area contributed by atoms with Crippen LogP contribution >= 0.6 is 0 Å². The average Bonchev–Trinajstić information content (AvgIpc) is 2.73. The smallest absolute Gasteiger partial charge is 0.359 e. The second-order valence-electron chi connectivity index (χ2n) is 7.79. The number of ether oxygens (including phenoxy) is 1. The monoisotopic (exact) mass is 399 g/mol. The largest absolute Gasteiger partial charge is 0.451 e. The van der Waals surface area contributed by atoms with Gasteiger partial charge in [0.25, 0.3) is 11.5 Å². The van der Waals surface area contributed by atoms with Gasteiger partial charge in [-0.15, -0.1) is 0 Å². The predicted octanol–water partition coefficient (Wildman–Crippen LogP) is 3.05. The second-order valence-corrected chi connectivity index (χ2v) is 7.79. The summed E-state index contributed by atoms with van der Waals surface area (Å²) in [5.74, 6) is -0.574. The molecule has 0 bridgehead atoms. The van der Waals surface area contributed by atoms with Crippen LogP contribution in [0.4, 0.5) is 0 Å². The molecule has 0 radical (unpaired) electrons. The van der Waals surface area contributed by atoms with Gasteiger partial charge in [0.1, 0.15) is 0 Å². The molecule has 29 heavy (non-hydrogen) atoms. The van der Waals surface area contributed by atoms with E-state index in [4.69, 9.17) is 4.74 Å². The van der Waals surface area contributed by atoms with Gasteiger partial charge in [-0.2, -0.15) is 5.10 Å². The first-order chi connectivity index (χ1) is 14.0. The van der Waals surface area contributed by atoms with E-state index >= 15 is 0 Å². The maximum absolute atomic E-state index is 12.7. The van der Waals surface area contributed by atoms with Gasteiger partial charge in [-0.3, -0.25) is 9.59 Å². The predicted molar refractivity (Wildman–Crippen MR) is 111 cm³/mol. The van der Waals surface area contributed by atoms with Crippen LogP contribution in [0.25, 0.3) is 10.8 Å². The van der Waals surface area contributed by atoms with E-state index in [-0.39, 0.29) is 29.8 Å². The molecule has 1 aromatic carbocycles. The molecule has 0 unspecified atom stereocenters. The Hall–Kier alpha value is -2.70. The molecule has 1 amide bonds. The fraction of sp³-hybridized carbons (Fsp3) is 0.545. The molecule has 1 fully saturated rings. The Labute approximate surface area is 170 Å². The van der Waals surface area contributed by atoms with Crippen molar-refractivity contribution in [3.8, 4) is 0 Å². The first-order valence-corrected chi connectivity index (χ1v) is 10.5. The second kappa shape index (κ2) is 9.67. The molecular weight excluding hydrogens is 370 g/mol. The summed E-state index contributed by atoms with van der Waals surface area (Å²) in [5, 5.41) is 8.07. The summed E-state index contributed by atoms with van der Waals surface area (Å²) < 4.78 is 6.56. The van der Waals surface area contributed by atoms with Crippen LogP contribution < -0.4 is 10.9 Å². The van der Waals surface area contributed by atoms with Crippen molar-refractivity contribution in [2.45, 2.75) is 65.0 Å². The number of nitrogens with one attached hydrogen (secondary N) is 1. The number of aromatic nitrogens is 2.